The first-order valence-electron chi connectivity index (χ1n) is 17.2. The summed E-state index contributed by atoms with van der Waals surface area (Å²) in [4.78, 5) is 0. The van der Waals surface area contributed by atoms with E-state index in [0.717, 1.165) is 43.0 Å². The molecular formula is C40H47NOS2. The largest absolute Gasteiger partial charge is 0.507 e. The Morgan fingerprint density at radius 2 is 1.86 bits per heavy atom. The predicted octanol–water partition coefficient (Wildman–Crippen LogP) is 9.10. The summed E-state index contributed by atoms with van der Waals surface area (Å²) in [5.41, 5.74) is 6.59. The van der Waals surface area contributed by atoms with Gasteiger partial charge in [-0.05, 0) is 122 Å². The molecule has 0 saturated heterocycles. The molecule has 2 nitrogen and oxygen atoms in total. The second kappa shape index (κ2) is 11.6. The molecule has 230 valence electrons. The summed E-state index contributed by atoms with van der Waals surface area (Å²) in [5, 5.41) is 15.9. The Morgan fingerprint density at radius 3 is 2.75 bits per heavy atom. The molecule has 2 N–H and O–H groups in total. The normalized spacial score (nSPS) is 39.1. The quantitative estimate of drug-likeness (QED) is 0.175. The Hall–Kier alpha value is -2.06. The molecule has 1 heterocycles. The van der Waals surface area contributed by atoms with Crippen LogP contribution in [0, 0.1) is 52.3 Å². The number of benzene rings is 2. The molecule has 1 aliphatic heterocycles. The van der Waals surface area contributed by atoms with Gasteiger partial charge in [-0.15, -0.1) is 0 Å². The molecule has 4 heteroatoms. The highest BCUT2D eigenvalue weighted by Gasteiger charge is 2.63. The van der Waals surface area contributed by atoms with Gasteiger partial charge in [0, 0.05) is 35.4 Å². The summed E-state index contributed by atoms with van der Waals surface area (Å²) in [6.45, 7) is 5.70. The second-order valence-electron chi connectivity index (χ2n) is 15.3. The number of phenolic OH excluding ortho intramolecular Hbond substituents is 1. The lowest BCUT2D eigenvalue weighted by Crippen LogP contribution is -2.59. The van der Waals surface area contributed by atoms with Gasteiger partial charge in [0.05, 0.1) is 5.56 Å². The van der Waals surface area contributed by atoms with Crippen LogP contribution in [0.1, 0.15) is 86.6 Å². The average Bonchev–Trinajstić information content (AvgIpc) is 3.00. The Balaban J connectivity index is 1.28. The van der Waals surface area contributed by atoms with E-state index >= 15 is 0 Å². The third-order valence-electron chi connectivity index (χ3n) is 12.3. The number of rotatable bonds is 0. The molecule has 8 rings (SSSR count). The van der Waals surface area contributed by atoms with Gasteiger partial charge in [-0.25, -0.2) is 0 Å². The van der Waals surface area contributed by atoms with Crippen molar-refractivity contribution in [3.63, 3.8) is 0 Å². The fourth-order valence-corrected chi connectivity index (χ4v) is 13.5. The van der Waals surface area contributed by atoms with E-state index < -0.39 is 0 Å². The molecule has 9 atom stereocenters. The summed E-state index contributed by atoms with van der Waals surface area (Å²) >= 11 is 0. The van der Waals surface area contributed by atoms with Crippen LogP contribution in [-0.4, -0.2) is 22.2 Å². The zero-order chi connectivity index (χ0) is 29.9. The van der Waals surface area contributed by atoms with Crippen LogP contribution in [0.3, 0.4) is 0 Å². The van der Waals surface area contributed by atoms with Gasteiger partial charge in [-0.2, -0.15) is 0 Å². The van der Waals surface area contributed by atoms with Crippen LogP contribution in [0.2, 0.25) is 0 Å². The molecule has 7 bridgehead atoms. The minimum absolute atomic E-state index is 0.243. The average molecular weight is 622 g/mol. The van der Waals surface area contributed by atoms with Crippen molar-refractivity contribution in [2.75, 3.05) is 5.75 Å². The maximum absolute atomic E-state index is 11.5. The smallest absolute Gasteiger partial charge is 0.131 e. The lowest BCUT2D eigenvalue weighted by Gasteiger charge is -2.66. The van der Waals surface area contributed by atoms with Crippen LogP contribution in [0.25, 0.3) is 0 Å². The molecule has 6 aliphatic rings. The van der Waals surface area contributed by atoms with Crippen molar-refractivity contribution in [1.82, 2.24) is 5.32 Å². The minimum atomic E-state index is 0.243. The molecular weight excluding hydrogens is 575 g/mol. The maximum atomic E-state index is 11.5. The topological polar surface area (TPSA) is 32.3 Å². The summed E-state index contributed by atoms with van der Waals surface area (Å²) in [6.07, 6.45) is 21.3. The van der Waals surface area contributed by atoms with E-state index in [1.807, 2.05) is 6.07 Å². The van der Waals surface area contributed by atoms with Crippen molar-refractivity contribution in [1.29, 1.82) is 0 Å². The van der Waals surface area contributed by atoms with Gasteiger partial charge >= 0.3 is 0 Å². The van der Waals surface area contributed by atoms with E-state index in [1.165, 1.54) is 60.8 Å². The van der Waals surface area contributed by atoms with Crippen molar-refractivity contribution in [3.8, 4) is 17.6 Å². The molecule has 0 radical (unpaired) electrons. The molecule has 2 fully saturated rings. The fourth-order valence-electron chi connectivity index (χ4n) is 10.5. The Morgan fingerprint density at radius 1 is 0.977 bits per heavy atom. The molecule has 0 amide bonds. The van der Waals surface area contributed by atoms with Crippen molar-refractivity contribution < 1.29 is 5.11 Å². The highest BCUT2D eigenvalue weighted by Crippen LogP contribution is 2.70. The lowest BCUT2D eigenvalue weighted by atomic mass is 9.39. The lowest BCUT2D eigenvalue weighted by molar-refractivity contribution is -0.107. The molecule has 0 aromatic heterocycles. The first kappa shape index (κ1) is 29.3. The van der Waals surface area contributed by atoms with Crippen LogP contribution in [0.4, 0.5) is 0 Å². The van der Waals surface area contributed by atoms with Crippen LogP contribution < -0.4 is 5.32 Å². The molecule has 2 aromatic rings. The van der Waals surface area contributed by atoms with E-state index in [0.29, 0.717) is 40.7 Å². The Kier molecular flexibility index (Phi) is 7.76. The van der Waals surface area contributed by atoms with Crippen LogP contribution in [0.15, 0.2) is 60.7 Å². The number of phenols is 1. The first-order chi connectivity index (χ1) is 21.4. The SMILES string of the molecule is CC1CC=CC2(C1)CC1CC#Cc3c(O)cc4cc3CC3CC5CC2(C=CC5SSCC(C)NCc2ccccc2C4)C3C1. The van der Waals surface area contributed by atoms with Gasteiger partial charge in [-0.3, -0.25) is 0 Å². The number of nitrogens with one attached hydrogen (secondary N) is 1. The number of aromatic hydroxyl groups is 1. The third kappa shape index (κ3) is 5.10. The second-order valence-corrected chi connectivity index (χ2v) is 17.9. The van der Waals surface area contributed by atoms with Gasteiger partial charge in [0.25, 0.3) is 0 Å². The zero-order valence-electron chi connectivity index (χ0n) is 26.4. The van der Waals surface area contributed by atoms with Gasteiger partial charge in [-0.1, -0.05) is 95.0 Å². The standard InChI is InChI=1S/C40H47NOS2/c1-26-7-6-13-39(21-26)22-28-8-5-11-35-32-16-29(18-37(35)42)15-30-9-3-4-10-31(30)24-41-27(2)25-43-44-38-12-14-40(39)23-34(38)20-33(19-32)36(40)17-28/h3-4,6,9-10,12-14,16,18,26-28,33-34,36,38,41-42H,7-8,15,17,19-25H2,1-2H3. The van der Waals surface area contributed by atoms with Gasteiger partial charge in [0.2, 0.25) is 0 Å². The molecule has 2 saturated carbocycles. The van der Waals surface area contributed by atoms with Gasteiger partial charge in [0.15, 0.2) is 0 Å². The van der Waals surface area contributed by atoms with E-state index in [1.54, 1.807) is 0 Å². The first-order valence-corrected chi connectivity index (χ1v) is 19.6. The van der Waals surface area contributed by atoms with Crippen LogP contribution >= 0.6 is 21.6 Å². The number of fused-ring (bicyclic) bond motifs is 3. The number of hydrogen-bond donors (Lipinski definition) is 2. The zero-order valence-corrected chi connectivity index (χ0v) is 28.0. The monoisotopic (exact) mass is 621 g/mol. The molecule has 44 heavy (non-hydrogen) atoms. The fraction of sp³-hybridized carbons (Fsp3) is 0.550. The number of allylic oxidation sites excluding steroid dienone is 3. The van der Waals surface area contributed by atoms with Crippen molar-refractivity contribution in [2.45, 2.75) is 89.5 Å². The van der Waals surface area contributed by atoms with E-state index in [4.69, 9.17) is 0 Å². The molecule has 9 unspecified atom stereocenters. The van der Waals surface area contributed by atoms with Crippen molar-refractivity contribution in [2.24, 2.45) is 40.4 Å². The summed E-state index contributed by atoms with van der Waals surface area (Å²) < 4.78 is 0. The molecule has 2 spiro atoms. The highest BCUT2D eigenvalue weighted by atomic mass is 33.1. The van der Waals surface area contributed by atoms with E-state index in [-0.39, 0.29) is 10.8 Å². The predicted molar refractivity (Wildman–Crippen MR) is 187 cm³/mol. The van der Waals surface area contributed by atoms with Crippen LogP contribution in [-0.2, 0) is 19.4 Å². The van der Waals surface area contributed by atoms with E-state index in [2.05, 4.69) is 107 Å². The summed E-state index contributed by atoms with van der Waals surface area (Å²) in [7, 11) is 4.22. The van der Waals surface area contributed by atoms with Crippen LogP contribution in [0.5, 0.6) is 5.75 Å². The minimum Gasteiger partial charge on any atom is -0.507 e. The highest BCUT2D eigenvalue weighted by molar-refractivity contribution is 8.77. The molecule has 2 aromatic carbocycles. The summed E-state index contributed by atoms with van der Waals surface area (Å²) in [5.74, 6) is 12.0. The Labute approximate surface area is 272 Å². The van der Waals surface area contributed by atoms with E-state index in [9.17, 15) is 5.11 Å². The van der Waals surface area contributed by atoms with Crippen molar-refractivity contribution >= 4 is 21.6 Å². The number of hydrogen-bond acceptors (Lipinski definition) is 4. The maximum Gasteiger partial charge on any atom is 0.131 e. The third-order valence-corrected chi connectivity index (χ3v) is 15.4. The summed E-state index contributed by atoms with van der Waals surface area (Å²) in [6, 6.07) is 13.7. The van der Waals surface area contributed by atoms with Crippen molar-refractivity contribution in [3.05, 3.63) is 88.5 Å². The van der Waals surface area contributed by atoms with Gasteiger partial charge < -0.3 is 10.4 Å². The van der Waals surface area contributed by atoms with Gasteiger partial charge in [0.1, 0.15) is 5.75 Å². The molecule has 5 aliphatic carbocycles. The Bertz CT molecular complexity index is 1550.